The molecule has 0 saturated heterocycles. The zero-order valence-corrected chi connectivity index (χ0v) is 11.1. The topological polar surface area (TPSA) is 73.1 Å². The first-order valence-electron chi connectivity index (χ1n) is 6.66. The molecule has 5 nitrogen and oxygen atoms in total. The molecule has 1 aliphatic carbocycles. The summed E-state index contributed by atoms with van der Waals surface area (Å²) in [4.78, 5) is 8.39. The lowest BCUT2D eigenvalue weighted by atomic mass is 10.0. The van der Waals surface area contributed by atoms with Gasteiger partial charge >= 0.3 is 0 Å². The lowest BCUT2D eigenvalue weighted by Crippen LogP contribution is -2.30. The van der Waals surface area contributed by atoms with Crippen molar-refractivity contribution in [1.29, 1.82) is 0 Å². The molecule has 1 saturated carbocycles. The third-order valence-electron chi connectivity index (χ3n) is 3.57. The Bertz CT molecular complexity index is 397. The van der Waals surface area contributed by atoms with Gasteiger partial charge in [0.05, 0.1) is 12.2 Å². The van der Waals surface area contributed by atoms with E-state index in [2.05, 4.69) is 15.3 Å². The fourth-order valence-corrected chi connectivity index (χ4v) is 2.44. The normalized spacial score (nSPS) is 23.1. The smallest absolute Gasteiger partial charge is 0.221 e. The lowest BCUT2D eigenvalue weighted by Gasteiger charge is -2.17. The quantitative estimate of drug-likeness (QED) is 0.832. The van der Waals surface area contributed by atoms with E-state index in [0.29, 0.717) is 24.4 Å². The van der Waals surface area contributed by atoms with E-state index in [4.69, 9.17) is 10.5 Å². The maximum Gasteiger partial charge on any atom is 0.221 e. The Morgan fingerprint density at radius 3 is 2.94 bits per heavy atom. The van der Waals surface area contributed by atoms with Gasteiger partial charge in [0.15, 0.2) is 0 Å². The van der Waals surface area contributed by atoms with Gasteiger partial charge in [0.25, 0.3) is 0 Å². The number of hydrogen-bond donors (Lipinski definition) is 2. The van der Waals surface area contributed by atoms with E-state index in [9.17, 15) is 0 Å². The average molecular weight is 250 g/mol. The zero-order valence-electron chi connectivity index (χ0n) is 11.1. The summed E-state index contributed by atoms with van der Waals surface area (Å²) in [6, 6.07) is 0.325. The number of rotatable bonds is 5. The van der Waals surface area contributed by atoms with Crippen LogP contribution in [0.5, 0.6) is 5.88 Å². The van der Waals surface area contributed by atoms with Crippen molar-refractivity contribution >= 4 is 5.82 Å². The van der Waals surface area contributed by atoms with Crippen LogP contribution in [-0.4, -0.2) is 29.2 Å². The molecule has 18 heavy (non-hydrogen) atoms. The highest BCUT2D eigenvalue weighted by Gasteiger charge is 2.23. The Kier molecular flexibility index (Phi) is 4.36. The Labute approximate surface area is 108 Å². The fraction of sp³-hybridized carbons (Fsp3) is 0.692. The second-order valence-electron chi connectivity index (χ2n) is 4.82. The first-order chi connectivity index (χ1) is 8.72. The van der Waals surface area contributed by atoms with E-state index in [1.807, 2.05) is 13.8 Å². The maximum absolute atomic E-state index is 6.06. The molecule has 0 spiro atoms. The van der Waals surface area contributed by atoms with Crippen LogP contribution in [0.15, 0.2) is 6.33 Å². The first-order valence-corrected chi connectivity index (χ1v) is 6.66. The Morgan fingerprint density at radius 1 is 1.44 bits per heavy atom. The third kappa shape index (κ3) is 2.90. The highest BCUT2D eigenvalue weighted by molar-refractivity contribution is 5.47. The van der Waals surface area contributed by atoms with Crippen LogP contribution in [-0.2, 0) is 0 Å². The molecule has 0 aliphatic heterocycles. The summed E-state index contributed by atoms with van der Waals surface area (Å²) in [6.07, 6.45) is 5.12. The molecule has 1 fully saturated rings. The predicted octanol–water partition coefficient (Wildman–Crippen LogP) is 1.72. The zero-order chi connectivity index (χ0) is 13.0. The van der Waals surface area contributed by atoms with Crippen molar-refractivity contribution in [1.82, 2.24) is 9.97 Å². The van der Waals surface area contributed by atoms with Gasteiger partial charge in [-0.3, -0.25) is 0 Å². The van der Waals surface area contributed by atoms with Crippen molar-refractivity contribution < 1.29 is 4.74 Å². The second kappa shape index (κ2) is 6.00. The Morgan fingerprint density at radius 2 is 2.28 bits per heavy atom. The summed E-state index contributed by atoms with van der Waals surface area (Å²) in [7, 11) is 0. The summed E-state index contributed by atoms with van der Waals surface area (Å²) in [6.45, 7) is 5.42. The number of nitrogens with one attached hydrogen (secondary N) is 1. The van der Waals surface area contributed by atoms with Crippen LogP contribution >= 0.6 is 0 Å². The van der Waals surface area contributed by atoms with Crippen LogP contribution < -0.4 is 15.8 Å². The van der Waals surface area contributed by atoms with Crippen molar-refractivity contribution in [2.24, 2.45) is 11.7 Å². The van der Waals surface area contributed by atoms with Gasteiger partial charge in [0, 0.05) is 12.6 Å². The van der Waals surface area contributed by atoms with Crippen LogP contribution in [0.4, 0.5) is 5.82 Å². The molecule has 2 unspecified atom stereocenters. The number of nitrogens with zero attached hydrogens (tertiary/aromatic N) is 2. The number of nitrogens with two attached hydrogens (primary N) is 1. The molecule has 1 aliphatic rings. The van der Waals surface area contributed by atoms with Crippen LogP contribution in [0, 0.1) is 12.8 Å². The molecule has 0 amide bonds. The van der Waals surface area contributed by atoms with E-state index < -0.39 is 0 Å². The van der Waals surface area contributed by atoms with E-state index in [0.717, 1.165) is 24.3 Å². The van der Waals surface area contributed by atoms with Gasteiger partial charge in [0.2, 0.25) is 5.88 Å². The minimum Gasteiger partial charge on any atom is -0.478 e. The summed E-state index contributed by atoms with van der Waals surface area (Å²) < 4.78 is 5.45. The largest absolute Gasteiger partial charge is 0.478 e. The van der Waals surface area contributed by atoms with Crippen molar-refractivity contribution in [3.63, 3.8) is 0 Å². The van der Waals surface area contributed by atoms with Crippen LogP contribution in [0.1, 0.15) is 31.7 Å². The Hall–Kier alpha value is -1.36. The molecule has 100 valence electrons. The molecule has 0 radical (unpaired) electrons. The van der Waals surface area contributed by atoms with E-state index in [1.54, 1.807) is 0 Å². The Balaban J connectivity index is 1.98. The summed E-state index contributed by atoms with van der Waals surface area (Å²) >= 11 is 0. The lowest BCUT2D eigenvalue weighted by molar-refractivity contribution is 0.324. The summed E-state index contributed by atoms with van der Waals surface area (Å²) in [5, 5.41) is 3.37. The standard InChI is InChI=1S/C13H22N4O/c1-3-18-13-9(2)12(16-8-17-13)15-7-10-5-4-6-11(10)14/h8,10-11H,3-7,14H2,1-2H3,(H,15,16,17). The monoisotopic (exact) mass is 250 g/mol. The predicted molar refractivity (Wildman–Crippen MR) is 71.7 cm³/mol. The minimum absolute atomic E-state index is 0.325. The van der Waals surface area contributed by atoms with Gasteiger partial charge in [-0.1, -0.05) is 6.42 Å². The highest BCUT2D eigenvalue weighted by Crippen LogP contribution is 2.25. The van der Waals surface area contributed by atoms with Crippen LogP contribution in [0.3, 0.4) is 0 Å². The van der Waals surface area contributed by atoms with Crippen LogP contribution in [0.25, 0.3) is 0 Å². The van der Waals surface area contributed by atoms with Gasteiger partial charge in [-0.2, -0.15) is 0 Å². The summed E-state index contributed by atoms with van der Waals surface area (Å²) in [5.74, 6) is 2.06. The van der Waals surface area contributed by atoms with Crippen molar-refractivity contribution in [2.45, 2.75) is 39.2 Å². The molecule has 2 atom stereocenters. The third-order valence-corrected chi connectivity index (χ3v) is 3.57. The molecule has 1 heterocycles. The van der Waals surface area contributed by atoms with E-state index >= 15 is 0 Å². The van der Waals surface area contributed by atoms with Gasteiger partial charge in [-0.25, -0.2) is 9.97 Å². The second-order valence-corrected chi connectivity index (χ2v) is 4.82. The minimum atomic E-state index is 0.325. The SMILES string of the molecule is CCOc1ncnc(NCC2CCCC2N)c1C. The molecule has 1 aromatic heterocycles. The van der Waals surface area contributed by atoms with E-state index in [1.165, 1.54) is 19.2 Å². The highest BCUT2D eigenvalue weighted by atomic mass is 16.5. The fourth-order valence-electron chi connectivity index (χ4n) is 2.44. The number of aromatic nitrogens is 2. The van der Waals surface area contributed by atoms with E-state index in [-0.39, 0.29) is 0 Å². The first kappa shape index (κ1) is 13.1. The molecule has 3 N–H and O–H groups in total. The molecule has 5 heteroatoms. The van der Waals surface area contributed by atoms with Crippen molar-refractivity contribution in [2.75, 3.05) is 18.5 Å². The molecule has 0 bridgehead atoms. The molecular weight excluding hydrogens is 228 g/mol. The maximum atomic E-state index is 6.06. The summed E-state index contributed by atoms with van der Waals surface area (Å²) in [5.41, 5.74) is 7.03. The van der Waals surface area contributed by atoms with Gasteiger partial charge in [-0.15, -0.1) is 0 Å². The van der Waals surface area contributed by atoms with Crippen molar-refractivity contribution in [3.05, 3.63) is 11.9 Å². The molecular formula is C13H22N4O. The van der Waals surface area contributed by atoms with Crippen molar-refractivity contribution in [3.8, 4) is 5.88 Å². The number of anilines is 1. The molecule has 0 aromatic carbocycles. The molecule has 2 rings (SSSR count). The van der Waals surface area contributed by atoms with Gasteiger partial charge in [-0.05, 0) is 32.6 Å². The van der Waals surface area contributed by atoms with Gasteiger partial charge < -0.3 is 15.8 Å². The number of ether oxygens (including phenoxy) is 1. The number of hydrogen-bond acceptors (Lipinski definition) is 5. The average Bonchev–Trinajstić information content (AvgIpc) is 2.76. The van der Waals surface area contributed by atoms with Gasteiger partial charge in [0.1, 0.15) is 12.1 Å². The van der Waals surface area contributed by atoms with Crippen LogP contribution in [0.2, 0.25) is 0 Å². The molecule has 1 aromatic rings.